The van der Waals surface area contributed by atoms with Crippen molar-refractivity contribution in [2.75, 3.05) is 36.4 Å². The lowest BCUT2D eigenvalue weighted by Gasteiger charge is -2.29. The molecule has 146 valence electrons. The van der Waals surface area contributed by atoms with Gasteiger partial charge in [-0.05, 0) is 25.1 Å². The fraction of sp³-hybridized carbons (Fsp3) is 0.400. The Kier molecular flexibility index (Phi) is 5.50. The first kappa shape index (κ1) is 18.8. The zero-order valence-electron chi connectivity index (χ0n) is 16.4. The molecule has 3 aromatic heterocycles. The highest BCUT2D eigenvalue weighted by Gasteiger charge is 2.14. The molecule has 0 aromatic carbocycles. The van der Waals surface area contributed by atoms with E-state index in [1.165, 1.54) is 0 Å². The topological polar surface area (TPSA) is 78.9 Å². The quantitative estimate of drug-likeness (QED) is 0.683. The van der Waals surface area contributed by atoms with Gasteiger partial charge in [-0.15, -0.1) is 11.3 Å². The molecule has 28 heavy (non-hydrogen) atoms. The minimum absolute atomic E-state index is 0.412. The summed E-state index contributed by atoms with van der Waals surface area (Å²) in [4.78, 5) is 21.7. The molecule has 1 aliphatic rings. The van der Waals surface area contributed by atoms with Crippen LogP contribution in [-0.2, 0) is 0 Å². The van der Waals surface area contributed by atoms with Crippen LogP contribution in [0.4, 0.5) is 17.5 Å². The number of rotatable bonds is 5. The zero-order chi connectivity index (χ0) is 19.5. The molecule has 0 unspecified atom stereocenters. The first-order valence-corrected chi connectivity index (χ1v) is 10.4. The Labute approximate surface area is 169 Å². The number of hydrogen-bond donors (Lipinski definition) is 2. The number of piperazine rings is 1. The monoisotopic (exact) mass is 395 g/mol. The molecule has 2 N–H and O–H groups in total. The van der Waals surface area contributed by atoms with Crippen molar-refractivity contribution in [2.45, 2.75) is 26.7 Å². The fourth-order valence-electron chi connectivity index (χ4n) is 3.13. The van der Waals surface area contributed by atoms with Crippen LogP contribution in [0.1, 0.15) is 30.5 Å². The minimum Gasteiger partial charge on any atom is -0.368 e. The third-order valence-electron chi connectivity index (χ3n) is 4.67. The van der Waals surface area contributed by atoms with Gasteiger partial charge in [0.15, 0.2) is 0 Å². The van der Waals surface area contributed by atoms with Crippen molar-refractivity contribution in [1.29, 1.82) is 0 Å². The number of pyridine rings is 1. The van der Waals surface area contributed by atoms with Gasteiger partial charge in [0.25, 0.3) is 0 Å². The number of aryl methyl sites for hydroxylation is 1. The van der Waals surface area contributed by atoms with E-state index in [-0.39, 0.29) is 0 Å². The lowest BCUT2D eigenvalue weighted by atomic mass is 10.2. The Morgan fingerprint density at radius 2 is 1.93 bits per heavy atom. The van der Waals surface area contributed by atoms with Crippen molar-refractivity contribution in [3.8, 4) is 10.6 Å². The Hall–Kier alpha value is -2.58. The van der Waals surface area contributed by atoms with E-state index in [9.17, 15) is 0 Å². The number of anilines is 3. The fourth-order valence-corrected chi connectivity index (χ4v) is 4.17. The van der Waals surface area contributed by atoms with Crippen LogP contribution in [0, 0.1) is 6.92 Å². The zero-order valence-corrected chi connectivity index (χ0v) is 17.3. The standard InChI is InChI=1S/C20H25N7S/c1-13(2)19-24-14(3)18(28-19)16-6-7-22-20(25-16)26-17-5-4-15(12-23-17)27-10-8-21-9-11-27/h4-7,12-13,21H,8-11H2,1-3H3,(H,22,23,25,26). The Balaban J connectivity index is 1.50. The highest BCUT2D eigenvalue weighted by Crippen LogP contribution is 2.32. The van der Waals surface area contributed by atoms with E-state index in [0.29, 0.717) is 11.9 Å². The first-order chi connectivity index (χ1) is 13.6. The van der Waals surface area contributed by atoms with Gasteiger partial charge < -0.3 is 15.5 Å². The number of thiazole rings is 1. The summed E-state index contributed by atoms with van der Waals surface area (Å²) < 4.78 is 0. The van der Waals surface area contributed by atoms with Gasteiger partial charge >= 0.3 is 0 Å². The second-order valence-electron chi connectivity index (χ2n) is 7.15. The van der Waals surface area contributed by atoms with Gasteiger partial charge in [0, 0.05) is 38.3 Å². The van der Waals surface area contributed by atoms with Gasteiger partial charge in [-0.1, -0.05) is 13.8 Å². The molecular formula is C20H25N7S. The summed E-state index contributed by atoms with van der Waals surface area (Å²) in [5, 5.41) is 7.71. The van der Waals surface area contributed by atoms with Gasteiger partial charge in [-0.2, -0.15) is 0 Å². The molecule has 0 radical (unpaired) electrons. The van der Waals surface area contributed by atoms with Gasteiger partial charge in [0.05, 0.1) is 33.2 Å². The number of hydrogen-bond acceptors (Lipinski definition) is 8. The largest absolute Gasteiger partial charge is 0.368 e. The van der Waals surface area contributed by atoms with Gasteiger partial charge in [-0.25, -0.2) is 19.9 Å². The summed E-state index contributed by atoms with van der Waals surface area (Å²) in [6.45, 7) is 10.4. The molecule has 7 nitrogen and oxygen atoms in total. The van der Waals surface area contributed by atoms with Crippen molar-refractivity contribution in [2.24, 2.45) is 0 Å². The molecule has 1 fully saturated rings. The van der Waals surface area contributed by atoms with Crippen molar-refractivity contribution in [3.05, 3.63) is 41.3 Å². The second-order valence-corrected chi connectivity index (χ2v) is 8.18. The van der Waals surface area contributed by atoms with E-state index in [1.54, 1.807) is 17.5 Å². The van der Waals surface area contributed by atoms with Crippen LogP contribution in [0.15, 0.2) is 30.6 Å². The van der Waals surface area contributed by atoms with Crippen LogP contribution in [0.25, 0.3) is 10.6 Å². The molecule has 1 saturated heterocycles. The number of nitrogens with zero attached hydrogens (tertiary/aromatic N) is 5. The molecule has 3 aromatic rings. The van der Waals surface area contributed by atoms with E-state index in [4.69, 9.17) is 0 Å². The molecule has 0 saturated carbocycles. The van der Waals surface area contributed by atoms with E-state index in [0.717, 1.165) is 59.0 Å². The molecule has 0 aliphatic carbocycles. The Morgan fingerprint density at radius 1 is 1.11 bits per heavy atom. The molecule has 0 amide bonds. The van der Waals surface area contributed by atoms with E-state index < -0.39 is 0 Å². The second kappa shape index (κ2) is 8.20. The number of aromatic nitrogens is 4. The van der Waals surface area contributed by atoms with E-state index >= 15 is 0 Å². The van der Waals surface area contributed by atoms with Crippen LogP contribution in [0.5, 0.6) is 0 Å². The van der Waals surface area contributed by atoms with Crippen LogP contribution < -0.4 is 15.5 Å². The Morgan fingerprint density at radius 3 is 2.61 bits per heavy atom. The third-order valence-corrected chi connectivity index (χ3v) is 6.15. The van der Waals surface area contributed by atoms with E-state index in [2.05, 4.69) is 55.4 Å². The molecular weight excluding hydrogens is 370 g/mol. The SMILES string of the molecule is Cc1nc(C(C)C)sc1-c1ccnc(Nc2ccc(N3CCNCC3)cn2)n1. The minimum atomic E-state index is 0.412. The maximum Gasteiger partial charge on any atom is 0.228 e. The smallest absolute Gasteiger partial charge is 0.228 e. The summed E-state index contributed by atoms with van der Waals surface area (Å²) in [5.41, 5.74) is 3.04. The lowest BCUT2D eigenvalue weighted by molar-refractivity contribution is 0.589. The highest BCUT2D eigenvalue weighted by molar-refractivity contribution is 7.15. The van der Waals surface area contributed by atoms with Crippen molar-refractivity contribution in [3.63, 3.8) is 0 Å². The molecule has 8 heteroatoms. The van der Waals surface area contributed by atoms with Crippen molar-refractivity contribution < 1.29 is 0 Å². The van der Waals surface area contributed by atoms with Gasteiger partial charge in [-0.3, -0.25) is 0 Å². The summed E-state index contributed by atoms with van der Waals surface area (Å²) >= 11 is 1.70. The summed E-state index contributed by atoms with van der Waals surface area (Å²) in [5.74, 6) is 1.69. The summed E-state index contributed by atoms with van der Waals surface area (Å²) in [6, 6.07) is 5.99. The maximum absolute atomic E-state index is 4.67. The Bertz CT molecular complexity index is 930. The predicted molar refractivity (Wildman–Crippen MR) is 115 cm³/mol. The molecule has 4 rings (SSSR count). The maximum atomic E-state index is 4.67. The average molecular weight is 396 g/mol. The van der Waals surface area contributed by atoms with Crippen LogP contribution in [0.3, 0.4) is 0 Å². The van der Waals surface area contributed by atoms with Crippen molar-refractivity contribution in [1.82, 2.24) is 25.3 Å². The van der Waals surface area contributed by atoms with Crippen LogP contribution >= 0.6 is 11.3 Å². The molecule has 0 spiro atoms. The average Bonchev–Trinajstić information content (AvgIpc) is 3.12. The normalized spacial score (nSPS) is 14.5. The molecule has 0 bridgehead atoms. The molecule has 1 aliphatic heterocycles. The predicted octanol–water partition coefficient (Wildman–Crippen LogP) is 3.58. The summed E-state index contributed by atoms with van der Waals surface area (Å²) in [6.07, 6.45) is 3.67. The van der Waals surface area contributed by atoms with Crippen molar-refractivity contribution >= 4 is 28.8 Å². The first-order valence-electron chi connectivity index (χ1n) is 9.59. The van der Waals surface area contributed by atoms with Gasteiger partial charge in [0.2, 0.25) is 5.95 Å². The van der Waals surface area contributed by atoms with E-state index in [1.807, 2.05) is 25.3 Å². The van der Waals surface area contributed by atoms with Crippen LogP contribution in [0.2, 0.25) is 0 Å². The van der Waals surface area contributed by atoms with Gasteiger partial charge in [0.1, 0.15) is 5.82 Å². The third kappa shape index (κ3) is 4.13. The van der Waals surface area contributed by atoms with Crippen LogP contribution in [-0.4, -0.2) is 46.1 Å². The lowest BCUT2D eigenvalue weighted by Crippen LogP contribution is -2.43. The number of nitrogens with one attached hydrogen (secondary N) is 2. The molecule has 4 heterocycles. The highest BCUT2D eigenvalue weighted by atomic mass is 32.1. The molecule has 0 atom stereocenters. The summed E-state index contributed by atoms with van der Waals surface area (Å²) in [7, 11) is 0.